The third kappa shape index (κ3) is 3.72. The number of hydrogen-bond donors (Lipinski definition) is 0. The van der Waals surface area contributed by atoms with Crippen LogP contribution in [0, 0.1) is 0 Å². The van der Waals surface area contributed by atoms with Crippen molar-refractivity contribution in [2.24, 2.45) is 0 Å². The summed E-state index contributed by atoms with van der Waals surface area (Å²) in [5, 5.41) is 0. The van der Waals surface area contributed by atoms with Crippen LogP contribution in [-0.4, -0.2) is 11.8 Å². The summed E-state index contributed by atoms with van der Waals surface area (Å²) in [4.78, 5) is 14.5. The minimum atomic E-state index is 0.198. The summed E-state index contributed by atoms with van der Waals surface area (Å²) in [5.74, 6) is 0.198. The molecule has 0 saturated carbocycles. The first-order valence-corrected chi connectivity index (χ1v) is 7.56. The lowest BCUT2D eigenvalue weighted by molar-refractivity contribution is 0.0988. The predicted molar refractivity (Wildman–Crippen MR) is 88.8 cm³/mol. The molecule has 21 heavy (non-hydrogen) atoms. The minimum Gasteiger partial charge on any atom is -0.364 e. The molecule has 0 radical (unpaired) electrons. The Morgan fingerprint density at radius 1 is 1.00 bits per heavy atom. The van der Waals surface area contributed by atoms with Crippen LogP contribution in [-0.2, 0) is 6.54 Å². The van der Waals surface area contributed by atoms with E-state index in [0.717, 1.165) is 17.8 Å². The number of hydrogen-bond acceptors (Lipinski definition) is 2. The molecular formula is C19H23NO. The van der Waals surface area contributed by atoms with E-state index in [4.69, 9.17) is 0 Å². The molecule has 0 aromatic heterocycles. The predicted octanol–water partition coefficient (Wildman–Crippen LogP) is 4.69. The zero-order chi connectivity index (χ0) is 15.2. The van der Waals surface area contributed by atoms with Gasteiger partial charge in [0.05, 0.1) is 0 Å². The van der Waals surface area contributed by atoms with Crippen molar-refractivity contribution in [1.82, 2.24) is 0 Å². The first-order chi connectivity index (χ1) is 10.1. The van der Waals surface area contributed by atoms with E-state index in [-0.39, 0.29) is 5.78 Å². The van der Waals surface area contributed by atoms with Gasteiger partial charge in [0, 0.05) is 30.3 Å². The first-order valence-electron chi connectivity index (χ1n) is 7.56. The monoisotopic (exact) mass is 281 g/mol. The molecule has 2 aromatic carbocycles. The molecule has 2 nitrogen and oxygen atoms in total. The van der Waals surface area contributed by atoms with Crippen molar-refractivity contribution < 1.29 is 4.79 Å². The number of nitrogens with zero attached hydrogens (tertiary/aromatic N) is 1. The van der Waals surface area contributed by atoms with Gasteiger partial charge in [-0.15, -0.1) is 0 Å². The lowest BCUT2D eigenvalue weighted by atomic mass is 10.0. The highest BCUT2D eigenvalue weighted by Crippen LogP contribution is 2.25. The molecule has 0 heterocycles. The molecule has 0 saturated heterocycles. The molecule has 0 atom stereocenters. The van der Waals surface area contributed by atoms with Gasteiger partial charge < -0.3 is 4.90 Å². The molecule has 0 fully saturated rings. The van der Waals surface area contributed by atoms with E-state index in [1.165, 1.54) is 5.56 Å². The van der Waals surface area contributed by atoms with E-state index >= 15 is 0 Å². The van der Waals surface area contributed by atoms with E-state index < -0.39 is 0 Å². The zero-order valence-electron chi connectivity index (χ0n) is 13.0. The highest BCUT2D eigenvalue weighted by molar-refractivity contribution is 6.01. The SMILES string of the molecule is CCC(=O)c1ccccc1N(Cc1ccccc1)C(C)C. The fourth-order valence-electron chi connectivity index (χ4n) is 2.48. The first kappa shape index (κ1) is 15.3. The van der Waals surface area contributed by atoms with Crippen LogP contribution in [0.25, 0.3) is 0 Å². The summed E-state index contributed by atoms with van der Waals surface area (Å²) in [6.45, 7) is 7.05. The average molecular weight is 281 g/mol. The van der Waals surface area contributed by atoms with Crippen LogP contribution >= 0.6 is 0 Å². The lowest BCUT2D eigenvalue weighted by Gasteiger charge is -2.30. The van der Waals surface area contributed by atoms with E-state index in [9.17, 15) is 4.79 Å². The molecule has 0 unspecified atom stereocenters. The standard InChI is InChI=1S/C19H23NO/c1-4-19(21)17-12-8-9-13-18(17)20(15(2)3)14-16-10-6-5-7-11-16/h5-13,15H,4,14H2,1-3H3. The summed E-state index contributed by atoms with van der Waals surface area (Å²) < 4.78 is 0. The topological polar surface area (TPSA) is 20.3 Å². The van der Waals surface area contributed by atoms with Gasteiger partial charge in [-0.3, -0.25) is 4.79 Å². The lowest BCUT2D eigenvalue weighted by Crippen LogP contribution is -2.31. The van der Waals surface area contributed by atoms with Gasteiger partial charge in [0.25, 0.3) is 0 Å². The highest BCUT2D eigenvalue weighted by atomic mass is 16.1. The Labute approximate surface area is 127 Å². The van der Waals surface area contributed by atoms with Gasteiger partial charge >= 0.3 is 0 Å². The van der Waals surface area contributed by atoms with E-state index in [1.54, 1.807) is 0 Å². The molecule has 2 rings (SSSR count). The number of rotatable bonds is 6. The van der Waals surface area contributed by atoms with E-state index in [0.29, 0.717) is 12.5 Å². The molecule has 0 bridgehead atoms. The molecule has 0 amide bonds. The fourth-order valence-corrected chi connectivity index (χ4v) is 2.48. The summed E-state index contributed by atoms with van der Waals surface area (Å²) in [6, 6.07) is 18.6. The van der Waals surface area contributed by atoms with Crippen LogP contribution in [0.3, 0.4) is 0 Å². The maximum Gasteiger partial charge on any atom is 0.164 e. The number of Topliss-reactive ketones (excluding diaryl/α,β-unsaturated/α-hetero) is 1. The maximum absolute atomic E-state index is 12.2. The maximum atomic E-state index is 12.2. The van der Waals surface area contributed by atoms with Crippen molar-refractivity contribution in [2.45, 2.75) is 39.8 Å². The van der Waals surface area contributed by atoms with Crippen LogP contribution in [0.15, 0.2) is 54.6 Å². The van der Waals surface area contributed by atoms with Gasteiger partial charge in [-0.2, -0.15) is 0 Å². The molecule has 2 heteroatoms. The van der Waals surface area contributed by atoms with Crippen molar-refractivity contribution in [3.05, 3.63) is 65.7 Å². The van der Waals surface area contributed by atoms with Crippen LogP contribution in [0.2, 0.25) is 0 Å². The second-order valence-electron chi connectivity index (χ2n) is 5.50. The van der Waals surface area contributed by atoms with Crippen LogP contribution in [0.4, 0.5) is 5.69 Å². The number of carbonyl (C=O) groups excluding carboxylic acids is 1. The molecule has 110 valence electrons. The Balaban J connectivity index is 2.37. The number of benzene rings is 2. The molecular weight excluding hydrogens is 258 g/mol. The summed E-state index contributed by atoms with van der Waals surface area (Å²) in [7, 11) is 0. The van der Waals surface area contributed by atoms with Gasteiger partial charge in [0.1, 0.15) is 0 Å². The normalized spacial score (nSPS) is 10.7. The number of carbonyl (C=O) groups is 1. The minimum absolute atomic E-state index is 0.198. The van der Waals surface area contributed by atoms with Gasteiger partial charge in [-0.25, -0.2) is 0 Å². The van der Waals surface area contributed by atoms with Gasteiger partial charge in [-0.05, 0) is 31.5 Å². The summed E-state index contributed by atoms with van der Waals surface area (Å²) in [6.07, 6.45) is 0.536. The number of anilines is 1. The van der Waals surface area contributed by atoms with Gasteiger partial charge in [0.2, 0.25) is 0 Å². The molecule has 2 aromatic rings. The van der Waals surface area contributed by atoms with Crippen molar-refractivity contribution >= 4 is 11.5 Å². The second kappa shape index (κ2) is 7.07. The van der Waals surface area contributed by atoms with E-state index in [1.807, 2.05) is 37.3 Å². The molecule has 0 aliphatic heterocycles. The summed E-state index contributed by atoms with van der Waals surface area (Å²) in [5.41, 5.74) is 3.11. The number of ketones is 1. The molecule has 0 aliphatic carbocycles. The second-order valence-corrected chi connectivity index (χ2v) is 5.50. The van der Waals surface area contributed by atoms with Gasteiger partial charge in [0.15, 0.2) is 5.78 Å². The zero-order valence-corrected chi connectivity index (χ0v) is 13.0. The third-order valence-corrected chi connectivity index (χ3v) is 3.65. The van der Waals surface area contributed by atoms with Gasteiger partial charge in [-0.1, -0.05) is 49.4 Å². The Hall–Kier alpha value is -2.09. The largest absolute Gasteiger partial charge is 0.364 e. The number of para-hydroxylation sites is 1. The Bertz CT molecular complexity index is 590. The van der Waals surface area contributed by atoms with Crippen molar-refractivity contribution in [1.29, 1.82) is 0 Å². The molecule has 0 aliphatic rings. The van der Waals surface area contributed by atoms with Crippen LogP contribution < -0.4 is 4.90 Å². The van der Waals surface area contributed by atoms with Crippen LogP contribution in [0.1, 0.15) is 43.1 Å². The Morgan fingerprint density at radius 3 is 2.24 bits per heavy atom. The molecule has 0 spiro atoms. The Morgan fingerprint density at radius 2 is 1.62 bits per heavy atom. The average Bonchev–Trinajstić information content (AvgIpc) is 2.52. The summed E-state index contributed by atoms with van der Waals surface area (Å²) >= 11 is 0. The quantitative estimate of drug-likeness (QED) is 0.716. The van der Waals surface area contributed by atoms with Crippen molar-refractivity contribution in [2.75, 3.05) is 4.90 Å². The van der Waals surface area contributed by atoms with E-state index in [2.05, 4.69) is 43.0 Å². The van der Waals surface area contributed by atoms with Crippen LogP contribution in [0.5, 0.6) is 0 Å². The fraction of sp³-hybridized carbons (Fsp3) is 0.316. The molecule has 0 N–H and O–H groups in total. The highest BCUT2D eigenvalue weighted by Gasteiger charge is 2.17. The smallest absolute Gasteiger partial charge is 0.164 e. The Kier molecular flexibility index (Phi) is 5.15. The third-order valence-electron chi connectivity index (χ3n) is 3.65. The van der Waals surface area contributed by atoms with Crippen molar-refractivity contribution in [3.8, 4) is 0 Å². The van der Waals surface area contributed by atoms with Crippen molar-refractivity contribution in [3.63, 3.8) is 0 Å².